The van der Waals surface area contributed by atoms with E-state index < -0.39 is 5.69 Å². The van der Waals surface area contributed by atoms with Crippen molar-refractivity contribution < 1.29 is 14.3 Å². The highest BCUT2D eigenvalue weighted by Gasteiger charge is 2.15. The molecule has 3 aromatic carbocycles. The molecule has 5 rings (SSSR count). The Balaban J connectivity index is 1.28. The van der Waals surface area contributed by atoms with E-state index in [1.165, 1.54) is 6.07 Å². The molecule has 0 bridgehead atoms. The van der Waals surface area contributed by atoms with Crippen molar-refractivity contribution in [1.82, 2.24) is 20.3 Å². The van der Waals surface area contributed by atoms with Gasteiger partial charge in [-0.2, -0.15) is 0 Å². The fourth-order valence-electron chi connectivity index (χ4n) is 4.61. The Kier molecular flexibility index (Phi) is 5.93. The Labute approximate surface area is 206 Å². The second-order valence-corrected chi connectivity index (χ2v) is 8.81. The summed E-state index contributed by atoms with van der Waals surface area (Å²) in [5, 5.41) is 13.7. The number of aryl methyl sites for hydroxylation is 2. The zero-order valence-corrected chi connectivity index (χ0v) is 19.8. The first-order chi connectivity index (χ1) is 17.3. The number of hydrogen-bond acceptors (Lipinski definition) is 3. The Hall–Kier alpha value is -4.59. The van der Waals surface area contributed by atoms with E-state index in [9.17, 15) is 19.1 Å². The van der Waals surface area contributed by atoms with Gasteiger partial charge in [0.15, 0.2) is 0 Å². The number of nitrogens with one attached hydrogen (secondary N) is 4. The van der Waals surface area contributed by atoms with E-state index in [-0.39, 0.29) is 17.6 Å². The van der Waals surface area contributed by atoms with Gasteiger partial charge in [0.1, 0.15) is 11.5 Å². The van der Waals surface area contributed by atoms with Gasteiger partial charge in [-0.3, -0.25) is 9.78 Å². The molecular formula is C28H25FN4O3. The van der Waals surface area contributed by atoms with E-state index in [1.54, 1.807) is 24.3 Å². The van der Waals surface area contributed by atoms with Crippen molar-refractivity contribution in [3.05, 3.63) is 99.3 Å². The van der Waals surface area contributed by atoms with E-state index in [4.69, 9.17) is 0 Å². The Morgan fingerprint density at radius 3 is 2.42 bits per heavy atom. The van der Waals surface area contributed by atoms with Crippen LogP contribution < -0.4 is 11.0 Å². The van der Waals surface area contributed by atoms with E-state index >= 15 is 0 Å². The second kappa shape index (κ2) is 9.22. The van der Waals surface area contributed by atoms with E-state index in [1.807, 2.05) is 44.2 Å². The predicted molar refractivity (Wildman–Crippen MR) is 138 cm³/mol. The Morgan fingerprint density at radius 1 is 0.944 bits per heavy atom. The molecule has 0 radical (unpaired) electrons. The maximum Gasteiger partial charge on any atom is 0.326 e. The number of fused-ring (bicyclic) bond motifs is 1. The minimum absolute atomic E-state index is 0.189. The van der Waals surface area contributed by atoms with Crippen LogP contribution in [-0.4, -0.2) is 32.5 Å². The number of carbonyl (C=O) groups excluding carboxylic acids is 1. The zero-order chi connectivity index (χ0) is 25.4. The van der Waals surface area contributed by atoms with Gasteiger partial charge in [-0.25, -0.2) is 9.18 Å². The van der Waals surface area contributed by atoms with Crippen LogP contribution in [0.4, 0.5) is 4.39 Å². The first-order valence-corrected chi connectivity index (χ1v) is 11.6. The smallest absolute Gasteiger partial charge is 0.326 e. The summed E-state index contributed by atoms with van der Waals surface area (Å²) in [5.74, 6) is -0.685. The highest BCUT2D eigenvalue weighted by molar-refractivity contribution is 5.95. The lowest BCUT2D eigenvalue weighted by Crippen LogP contribution is -2.25. The highest BCUT2D eigenvalue weighted by Crippen LogP contribution is 2.29. The summed E-state index contributed by atoms with van der Waals surface area (Å²) in [5.41, 5.74) is 6.20. The number of aromatic nitrogens is 3. The number of H-pyrrole nitrogens is 3. The molecule has 0 saturated heterocycles. The molecule has 1 amide bonds. The largest absolute Gasteiger partial charge is 0.493 e. The van der Waals surface area contributed by atoms with Crippen molar-refractivity contribution in [2.45, 2.75) is 20.3 Å². The van der Waals surface area contributed by atoms with E-state index in [2.05, 4.69) is 20.3 Å². The lowest BCUT2D eigenvalue weighted by atomic mass is 10.0. The fraction of sp³-hybridized carbons (Fsp3) is 0.143. The van der Waals surface area contributed by atoms with Gasteiger partial charge >= 0.3 is 5.69 Å². The van der Waals surface area contributed by atoms with Crippen molar-refractivity contribution >= 4 is 16.8 Å². The molecule has 5 N–H and O–H groups in total. The van der Waals surface area contributed by atoms with Gasteiger partial charge in [0.25, 0.3) is 5.91 Å². The maximum absolute atomic E-state index is 14.2. The summed E-state index contributed by atoms with van der Waals surface area (Å²) in [4.78, 5) is 32.2. The monoisotopic (exact) mass is 484 g/mol. The molecule has 8 heteroatoms. The van der Waals surface area contributed by atoms with Crippen LogP contribution in [0, 0.1) is 19.7 Å². The van der Waals surface area contributed by atoms with Gasteiger partial charge in [-0.05, 0) is 66.8 Å². The summed E-state index contributed by atoms with van der Waals surface area (Å²) >= 11 is 0. The molecule has 182 valence electrons. The molecule has 0 unspecified atom stereocenters. The number of aromatic amines is 3. The van der Waals surface area contributed by atoms with Crippen molar-refractivity contribution in [2.24, 2.45) is 0 Å². The second-order valence-electron chi connectivity index (χ2n) is 8.81. The summed E-state index contributed by atoms with van der Waals surface area (Å²) in [6.07, 6.45) is 0.584. The third-order valence-corrected chi connectivity index (χ3v) is 6.43. The zero-order valence-electron chi connectivity index (χ0n) is 19.8. The van der Waals surface area contributed by atoms with Crippen LogP contribution in [0.2, 0.25) is 0 Å². The lowest BCUT2D eigenvalue weighted by Gasteiger charge is -2.09. The molecule has 0 atom stereocenters. The average molecular weight is 485 g/mol. The Bertz CT molecular complexity index is 1640. The topological polar surface area (TPSA) is 114 Å². The average Bonchev–Trinajstić information content (AvgIpc) is 3.40. The molecule has 0 aliphatic carbocycles. The van der Waals surface area contributed by atoms with Crippen LogP contribution in [0.25, 0.3) is 33.3 Å². The molecule has 0 saturated carbocycles. The van der Waals surface area contributed by atoms with E-state index in [0.29, 0.717) is 35.3 Å². The highest BCUT2D eigenvalue weighted by atomic mass is 19.1. The predicted octanol–water partition coefficient (Wildman–Crippen LogP) is 4.95. The maximum atomic E-state index is 14.2. The number of amides is 1. The van der Waals surface area contributed by atoms with Crippen LogP contribution in [0.5, 0.6) is 5.88 Å². The normalized spacial score (nSPS) is 11.2. The first kappa shape index (κ1) is 23.2. The first-order valence-electron chi connectivity index (χ1n) is 11.6. The quantitative estimate of drug-likeness (QED) is 0.235. The number of carbonyl (C=O) groups is 1. The lowest BCUT2D eigenvalue weighted by molar-refractivity contribution is 0.0954. The number of imidazole rings is 1. The van der Waals surface area contributed by atoms with Crippen LogP contribution in [0.1, 0.15) is 27.2 Å². The Morgan fingerprint density at radius 2 is 1.69 bits per heavy atom. The van der Waals surface area contributed by atoms with Crippen molar-refractivity contribution in [3.8, 4) is 28.3 Å². The minimum Gasteiger partial charge on any atom is -0.493 e. The third-order valence-electron chi connectivity index (χ3n) is 6.43. The van der Waals surface area contributed by atoms with Gasteiger partial charge < -0.3 is 20.4 Å². The molecule has 2 aromatic heterocycles. The van der Waals surface area contributed by atoms with Gasteiger partial charge in [0, 0.05) is 28.8 Å². The van der Waals surface area contributed by atoms with Crippen LogP contribution >= 0.6 is 0 Å². The molecule has 0 spiro atoms. The number of hydrogen-bond donors (Lipinski definition) is 5. The molecule has 0 aliphatic rings. The summed E-state index contributed by atoms with van der Waals surface area (Å²) in [6, 6.07) is 17.8. The summed E-state index contributed by atoms with van der Waals surface area (Å²) in [7, 11) is 0. The van der Waals surface area contributed by atoms with Crippen molar-refractivity contribution in [1.29, 1.82) is 0 Å². The summed E-state index contributed by atoms with van der Waals surface area (Å²) in [6.45, 7) is 4.29. The number of halogens is 1. The van der Waals surface area contributed by atoms with Crippen LogP contribution in [0.3, 0.4) is 0 Å². The van der Waals surface area contributed by atoms with Crippen molar-refractivity contribution in [2.75, 3.05) is 6.54 Å². The molecule has 5 aromatic rings. The molecule has 2 heterocycles. The van der Waals surface area contributed by atoms with Gasteiger partial charge in [0.05, 0.1) is 5.52 Å². The third kappa shape index (κ3) is 4.29. The molecular weight excluding hydrogens is 459 g/mol. The number of aromatic hydroxyl groups is 1. The standard InChI is InChI=1S/C28H25FN4O3/c1-15-6-11-22(29)25-23(15)21(16(2)31-25)12-13-30-26(34)18-9-7-17(8-10-18)19-4-3-5-20(14-19)24-27(35)33-28(36)32-24/h3-11,14,31,35H,12-13H2,1-2H3,(H,30,34)(H2,32,33,36). The van der Waals surface area contributed by atoms with E-state index in [0.717, 1.165) is 33.3 Å². The van der Waals surface area contributed by atoms with Gasteiger partial charge in [-0.15, -0.1) is 0 Å². The van der Waals surface area contributed by atoms with Crippen molar-refractivity contribution in [3.63, 3.8) is 0 Å². The summed E-state index contributed by atoms with van der Waals surface area (Å²) < 4.78 is 14.2. The minimum atomic E-state index is -0.481. The molecule has 0 fully saturated rings. The molecule has 36 heavy (non-hydrogen) atoms. The number of rotatable bonds is 6. The fourth-order valence-corrected chi connectivity index (χ4v) is 4.61. The number of benzene rings is 3. The molecule has 7 nitrogen and oxygen atoms in total. The van der Waals surface area contributed by atoms with Crippen LogP contribution in [0.15, 0.2) is 65.5 Å². The SMILES string of the molecule is Cc1[nH]c2c(F)ccc(C)c2c1CCNC(=O)c1ccc(-c2cccc(-c3[nH]c(=O)[nH]c3O)c2)cc1. The van der Waals surface area contributed by atoms with Gasteiger partial charge in [-0.1, -0.05) is 36.4 Å². The molecule has 0 aliphatic heterocycles. The van der Waals surface area contributed by atoms with Crippen LogP contribution in [-0.2, 0) is 6.42 Å². The van der Waals surface area contributed by atoms with Gasteiger partial charge in [0.2, 0.25) is 5.88 Å².